The second-order valence-electron chi connectivity index (χ2n) is 6.05. The molecule has 1 atom stereocenters. The Kier molecular flexibility index (Phi) is 6.66. The normalized spacial score (nSPS) is 18.6. The van der Waals surface area contributed by atoms with Gasteiger partial charge in [-0.1, -0.05) is 0 Å². The summed E-state index contributed by atoms with van der Waals surface area (Å²) >= 11 is 0. The lowest BCUT2D eigenvalue weighted by molar-refractivity contribution is -0.120. The zero-order valence-corrected chi connectivity index (χ0v) is 15.1. The molecule has 2 aliphatic rings. The summed E-state index contributed by atoms with van der Waals surface area (Å²) in [4.78, 5) is 14.9. The monoisotopic (exact) mass is 367 g/mol. The first-order valence-electron chi connectivity index (χ1n) is 8.70. The van der Waals surface area contributed by atoms with E-state index in [1.165, 1.54) is 0 Å². The quantitative estimate of drug-likeness (QED) is 0.705. The fraction of sp³-hybridized carbons (Fsp3) is 0.588. The number of nitrogens with zero attached hydrogens (tertiary/aromatic N) is 1. The van der Waals surface area contributed by atoms with Crippen LogP contribution in [-0.4, -0.2) is 73.3 Å². The van der Waals surface area contributed by atoms with Crippen molar-refractivity contribution in [3.05, 3.63) is 18.2 Å². The number of carbonyl (C=O) groups is 1. The Hall–Kier alpha value is -1.64. The number of fused-ring (bicyclic) bond motifs is 1. The minimum absolute atomic E-state index is 0.0546. The van der Waals surface area contributed by atoms with E-state index < -0.39 is 10.8 Å². The van der Waals surface area contributed by atoms with Crippen molar-refractivity contribution in [1.82, 2.24) is 15.5 Å². The zero-order valence-electron chi connectivity index (χ0n) is 14.3. The molecule has 1 amide bonds. The van der Waals surface area contributed by atoms with Gasteiger partial charge >= 0.3 is 0 Å². The standard InChI is InChI=1S/C17H25N3O4S/c21-17(19-6-9-20-7-4-18-5-8-20)3-12-25(22)14-1-2-15-16(13-14)24-11-10-23-15/h1-2,13,18H,3-12H2,(H,19,21). The fourth-order valence-electron chi connectivity index (χ4n) is 2.85. The van der Waals surface area contributed by atoms with Gasteiger partial charge in [0.1, 0.15) is 13.2 Å². The Labute approximate surface area is 150 Å². The summed E-state index contributed by atoms with van der Waals surface area (Å²) in [5, 5.41) is 6.21. The highest BCUT2D eigenvalue weighted by Crippen LogP contribution is 2.31. The Morgan fingerprint density at radius 3 is 2.76 bits per heavy atom. The number of hydrogen-bond donors (Lipinski definition) is 2. The van der Waals surface area contributed by atoms with Gasteiger partial charge in [0.25, 0.3) is 0 Å². The Morgan fingerprint density at radius 2 is 1.96 bits per heavy atom. The van der Waals surface area contributed by atoms with Gasteiger partial charge in [0.15, 0.2) is 11.5 Å². The number of ether oxygens (including phenoxy) is 2. The molecular formula is C17H25N3O4S. The molecule has 1 aromatic carbocycles. The van der Waals surface area contributed by atoms with Crippen LogP contribution in [0, 0.1) is 0 Å². The molecule has 7 nitrogen and oxygen atoms in total. The lowest BCUT2D eigenvalue weighted by Crippen LogP contribution is -2.46. The first kappa shape index (κ1) is 18.2. The zero-order chi connectivity index (χ0) is 17.5. The van der Waals surface area contributed by atoms with Gasteiger partial charge in [-0.15, -0.1) is 0 Å². The van der Waals surface area contributed by atoms with E-state index in [1.807, 2.05) is 0 Å². The van der Waals surface area contributed by atoms with E-state index in [1.54, 1.807) is 18.2 Å². The maximum atomic E-state index is 12.4. The third-order valence-corrected chi connectivity index (χ3v) is 5.61. The Balaban J connectivity index is 1.38. The number of nitrogens with one attached hydrogen (secondary N) is 2. The molecular weight excluding hydrogens is 342 g/mol. The van der Waals surface area contributed by atoms with E-state index in [-0.39, 0.29) is 12.3 Å². The van der Waals surface area contributed by atoms with Crippen molar-refractivity contribution >= 4 is 16.7 Å². The minimum Gasteiger partial charge on any atom is -0.486 e. The second-order valence-corrected chi connectivity index (χ2v) is 7.62. The molecule has 0 aliphatic carbocycles. The van der Waals surface area contributed by atoms with Crippen LogP contribution in [0.3, 0.4) is 0 Å². The Bertz CT molecular complexity index is 620. The molecule has 0 saturated carbocycles. The van der Waals surface area contributed by atoms with Gasteiger partial charge in [0, 0.05) is 62.4 Å². The summed E-state index contributed by atoms with van der Waals surface area (Å²) < 4.78 is 23.3. The van der Waals surface area contributed by atoms with Crippen molar-refractivity contribution < 1.29 is 18.5 Å². The smallest absolute Gasteiger partial charge is 0.220 e. The number of rotatable bonds is 7. The van der Waals surface area contributed by atoms with Crippen LogP contribution < -0.4 is 20.1 Å². The number of benzene rings is 1. The predicted molar refractivity (Wildman–Crippen MR) is 95.6 cm³/mol. The number of piperazine rings is 1. The molecule has 0 bridgehead atoms. The van der Waals surface area contributed by atoms with Crippen LogP contribution in [0.4, 0.5) is 0 Å². The van der Waals surface area contributed by atoms with Crippen molar-refractivity contribution in [1.29, 1.82) is 0 Å². The van der Waals surface area contributed by atoms with Crippen LogP contribution in [0.2, 0.25) is 0 Å². The lowest BCUT2D eigenvalue weighted by Gasteiger charge is -2.27. The van der Waals surface area contributed by atoms with Gasteiger partial charge in [0.2, 0.25) is 5.91 Å². The molecule has 2 N–H and O–H groups in total. The second kappa shape index (κ2) is 9.17. The van der Waals surface area contributed by atoms with Crippen molar-refractivity contribution in [3.63, 3.8) is 0 Å². The molecule has 1 fully saturated rings. The molecule has 2 heterocycles. The van der Waals surface area contributed by atoms with Gasteiger partial charge in [-0.3, -0.25) is 13.9 Å². The molecule has 25 heavy (non-hydrogen) atoms. The lowest BCUT2D eigenvalue weighted by atomic mass is 10.3. The highest BCUT2D eigenvalue weighted by atomic mass is 32.2. The SMILES string of the molecule is O=C(CCS(=O)c1ccc2c(c1)OCCO2)NCCN1CCNCC1. The van der Waals surface area contributed by atoms with Crippen LogP contribution in [0.5, 0.6) is 11.5 Å². The fourth-order valence-corrected chi connectivity index (χ4v) is 3.91. The molecule has 138 valence electrons. The van der Waals surface area contributed by atoms with Crippen LogP contribution in [-0.2, 0) is 15.6 Å². The third-order valence-electron chi connectivity index (χ3n) is 4.25. The minimum atomic E-state index is -1.23. The van der Waals surface area contributed by atoms with E-state index in [9.17, 15) is 9.00 Å². The maximum Gasteiger partial charge on any atom is 0.220 e. The van der Waals surface area contributed by atoms with Gasteiger partial charge in [-0.2, -0.15) is 0 Å². The number of carbonyl (C=O) groups excluding carboxylic acids is 1. The summed E-state index contributed by atoms with van der Waals surface area (Å²) in [6, 6.07) is 5.29. The van der Waals surface area contributed by atoms with Crippen molar-refractivity contribution in [2.75, 3.05) is 58.2 Å². The molecule has 3 rings (SSSR count). The van der Waals surface area contributed by atoms with Crippen LogP contribution in [0.25, 0.3) is 0 Å². The highest BCUT2D eigenvalue weighted by Gasteiger charge is 2.15. The topological polar surface area (TPSA) is 79.9 Å². The van der Waals surface area contributed by atoms with Crippen LogP contribution in [0.15, 0.2) is 23.1 Å². The van der Waals surface area contributed by atoms with E-state index in [0.29, 0.717) is 41.9 Å². The summed E-state index contributed by atoms with van der Waals surface area (Å²) in [6.07, 6.45) is 0.253. The van der Waals surface area contributed by atoms with E-state index >= 15 is 0 Å². The predicted octanol–water partition coefficient (Wildman–Crippen LogP) is -0.0231. The average molecular weight is 367 g/mol. The first-order chi connectivity index (χ1) is 12.2. The van der Waals surface area contributed by atoms with E-state index in [0.717, 1.165) is 32.7 Å². The molecule has 2 aliphatic heterocycles. The highest BCUT2D eigenvalue weighted by molar-refractivity contribution is 7.85. The van der Waals surface area contributed by atoms with Gasteiger partial charge in [0.05, 0.1) is 10.8 Å². The maximum absolute atomic E-state index is 12.4. The molecule has 1 unspecified atom stereocenters. The molecule has 1 saturated heterocycles. The average Bonchev–Trinajstić information content (AvgIpc) is 2.66. The molecule has 0 radical (unpaired) electrons. The molecule has 8 heteroatoms. The van der Waals surface area contributed by atoms with Crippen molar-refractivity contribution in [3.8, 4) is 11.5 Å². The van der Waals surface area contributed by atoms with Crippen molar-refractivity contribution in [2.45, 2.75) is 11.3 Å². The summed E-state index contributed by atoms with van der Waals surface area (Å²) in [7, 11) is -1.23. The van der Waals surface area contributed by atoms with Crippen LogP contribution in [0.1, 0.15) is 6.42 Å². The third kappa shape index (κ3) is 5.42. The Morgan fingerprint density at radius 1 is 1.20 bits per heavy atom. The van der Waals surface area contributed by atoms with Crippen LogP contribution >= 0.6 is 0 Å². The van der Waals surface area contributed by atoms with Crippen molar-refractivity contribution in [2.24, 2.45) is 0 Å². The van der Waals surface area contributed by atoms with Gasteiger partial charge in [-0.05, 0) is 12.1 Å². The molecule has 0 spiro atoms. The van der Waals surface area contributed by atoms with E-state index in [4.69, 9.17) is 9.47 Å². The first-order valence-corrected chi connectivity index (χ1v) is 10.0. The number of hydrogen-bond acceptors (Lipinski definition) is 6. The largest absolute Gasteiger partial charge is 0.486 e. The summed E-state index contributed by atoms with van der Waals surface area (Å²) in [5.74, 6) is 1.55. The summed E-state index contributed by atoms with van der Waals surface area (Å²) in [6.45, 7) is 6.56. The molecule has 1 aromatic rings. The van der Waals surface area contributed by atoms with E-state index in [2.05, 4.69) is 15.5 Å². The number of amides is 1. The molecule has 0 aromatic heterocycles. The van der Waals surface area contributed by atoms with Gasteiger partial charge in [-0.25, -0.2) is 0 Å². The van der Waals surface area contributed by atoms with Gasteiger partial charge < -0.3 is 20.1 Å². The summed E-state index contributed by atoms with van der Waals surface area (Å²) in [5.41, 5.74) is 0.